The highest BCUT2D eigenvalue weighted by Gasteiger charge is 2.10. The number of pyridine rings is 1. The standard InChI is InChI=1S/C21H20ClN3O2/c1-3-14-4-7-17(8-5-14)25-21(26)15-10-18(13-23-12-15)24-19-11-16(22)6-9-20(19)27-2/h4-13,24H,3H2,1-2H3,(H,25,26). The van der Waals surface area contributed by atoms with E-state index >= 15 is 0 Å². The van der Waals surface area contributed by atoms with Crippen LogP contribution in [0.25, 0.3) is 0 Å². The minimum atomic E-state index is -0.228. The van der Waals surface area contributed by atoms with Crippen LogP contribution in [0.3, 0.4) is 0 Å². The lowest BCUT2D eigenvalue weighted by Crippen LogP contribution is -2.12. The third-order valence-corrected chi connectivity index (χ3v) is 4.30. The molecule has 27 heavy (non-hydrogen) atoms. The van der Waals surface area contributed by atoms with Crippen molar-refractivity contribution in [3.05, 3.63) is 77.1 Å². The van der Waals surface area contributed by atoms with Crippen molar-refractivity contribution in [3.63, 3.8) is 0 Å². The lowest BCUT2D eigenvalue weighted by atomic mass is 10.1. The maximum atomic E-state index is 12.5. The van der Waals surface area contributed by atoms with Crippen LogP contribution in [0.1, 0.15) is 22.8 Å². The zero-order valence-corrected chi connectivity index (χ0v) is 15.9. The van der Waals surface area contributed by atoms with Crippen LogP contribution in [0.4, 0.5) is 17.1 Å². The van der Waals surface area contributed by atoms with Crippen LogP contribution in [0.2, 0.25) is 5.02 Å². The molecule has 0 saturated heterocycles. The highest BCUT2D eigenvalue weighted by Crippen LogP contribution is 2.30. The first-order valence-corrected chi connectivity index (χ1v) is 8.92. The molecule has 3 rings (SSSR count). The molecule has 2 aromatic carbocycles. The number of ether oxygens (including phenoxy) is 1. The maximum Gasteiger partial charge on any atom is 0.257 e. The van der Waals surface area contributed by atoms with E-state index < -0.39 is 0 Å². The Labute approximate surface area is 163 Å². The first-order chi connectivity index (χ1) is 13.1. The summed E-state index contributed by atoms with van der Waals surface area (Å²) in [6.07, 6.45) is 4.11. The minimum Gasteiger partial charge on any atom is -0.495 e. The summed E-state index contributed by atoms with van der Waals surface area (Å²) in [6.45, 7) is 2.09. The number of benzene rings is 2. The number of hydrogen-bond donors (Lipinski definition) is 2. The van der Waals surface area contributed by atoms with Gasteiger partial charge < -0.3 is 15.4 Å². The van der Waals surface area contributed by atoms with Crippen molar-refractivity contribution >= 4 is 34.6 Å². The van der Waals surface area contributed by atoms with Crippen LogP contribution in [-0.4, -0.2) is 18.0 Å². The summed E-state index contributed by atoms with van der Waals surface area (Å²) in [5.41, 5.74) is 3.76. The van der Waals surface area contributed by atoms with Crippen molar-refractivity contribution < 1.29 is 9.53 Å². The first-order valence-electron chi connectivity index (χ1n) is 8.55. The number of anilines is 3. The van der Waals surface area contributed by atoms with Gasteiger partial charge in [0.2, 0.25) is 0 Å². The van der Waals surface area contributed by atoms with Crippen molar-refractivity contribution in [2.24, 2.45) is 0 Å². The van der Waals surface area contributed by atoms with E-state index in [1.54, 1.807) is 37.6 Å². The topological polar surface area (TPSA) is 63.2 Å². The average Bonchev–Trinajstić information content (AvgIpc) is 2.69. The van der Waals surface area contributed by atoms with Crippen LogP contribution >= 0.6 is 11.6 Å². The van der Waals surface area contributed by atoms with Gasteiger partial charge in [-0.1, -0.05) is 30.7 Å². The monoisotopic (exact) mass is 381 g/mol. The molecule has 138 valence electrons. The zero-order valence-electron chi connectivity index (χ0n) is 15.1. The molecule has 0 radical (unpaired) electrons. The SMILES string of the molecule is CCc1ccc(NC(=O)c2cncc(Nc3cc(Cl)ccc3OC)c2)cc1. The molecule has 0 aliphatic carbocycles. The summed E-state index contributed by atoms with van der Waals surface area (Å²) in [7, 11) is 1.58. The number of aryl methyl sites for hydroxylation is 1. The van der Waals surface area contributed by atoms with Gasteiger partial charge in [0, 0.05) is 16.9 Å². The van der Waals surface area contributed by atoms with Crippen LogP contribution < -0.4 is 15.4 Å². The van der Waals surface area contributed by atoms with Crippen molar-refractivity contribution in [2.45, 2.75) is 13.3 Å². The van der Waals surface area contributed by atoms with Gasteiger partial charge in [0.05, 0.1) is 30.2 Å². The van der Waals surface area contributed by atoms with Gasteiger partial charge in [-0.15, -0.1) is 0 Å². The molecule has 0 spiro atoms. The van der Waals surface area contributed by atoms with E-state index in [-0.39, 0.29) is 5.91 Å². The molecular formula is C21H20ClN3O2. The van der Waals surface area contributed by atoms with Gasteiger partial charge in [-0.2, -0.15) is 0 Å². The van der Waals surface area contributed by atoms with Crippen molar-refractivity contribution in [3.8, 4) is 5.75 Å². The molecular weight excluding hydrogens is 362 g/mol. The molecule has 0 unspecified atom stereocenters. The number of aromatic nitrogens is 1. The van der Waals surface area contributed by atoms with Crippen molar-refractivity contribution in [2.75, 3.05) is 17.7 Å². The van der Waals surface area contributed by atoms with E-state index in [1.807, 2.05) is 24.3 Å². The smallest absolute Gasteiger partial charge is 0.257 e. The second-order valence-corrected chi connectivity index (χ2v) is 6.37. The van der Waals surface area contributed by atoms with Crippen LogP contribution in [-0.2, 0) is 6.42 Å². The third-order valence-electron chi connectivity index (χ3n) is 4.06. The number of rotatable bonds is 6. The molecule has 5 nitrogen and oxygen atoms in total. The largest absolute Gasteiger partial charge is 0.495 e. The lowest BCUT2D eigenvalue weighted by molar-refractivity contribution is 0.102. The van der Waals surface area contributed by atoms with Gasteiger partial charge in [-0.05, 0) is 48.4 Å². The normalized spacial score (nSPS) is 10.3. The molecule has 0 bridgehead atoms. The molecule has 2 N–H and O–H groups in total. The number of nitrogens with one attached hydrogen (secondary N) is 2. The molecule has 0 aliphatic rings. The lowest BCUT2D eigenvalue weighted by Gasteiger charge is -2.12. The van der Waals surface area contributed by atoms with Crippen LogP contribution in [0, 0.1) is 0 Å². The number of hydrogen-bond acceptors (Lipinski definition) is 4. The van der Waals surface area contributed by atoms with E-state index in [2.05, 4.69) is 22.5 Å². The third kappa shape index (κ3) is 4.77. The Balaban J connectivity index is 1.76. The van der Waals surface area contributed by atoms with Gasteiger partial charge in [0.25, 0.3) is 5.91 Å². The molecule has 6 heteroatoms. The number of carbonyl (C=O) groups excluding carboxylic acids is 1. The van der Waals surface area contributed by atoms with E-state index in [9.17, 15) is 4.79 Å². The summed E-state index contributed by atoms with van der Waals surface area (Å²) in [4.78, 5) is 16.7. The highest BCUT2D eigenvalue weighted by molar-refractivity contribution is 6.31. The number of nitrogens with zero attached hydrogens (tertiary/aromatic N) is 1. The fraction of sp³-hybridized carbons (Fsp3) is 0.143. The molecule has 0 aliphatic heterocycles. The van der Waals surface area contributed by atoms with Crippen LogP contribution in [0.15, 0.2) is 60.9 Å². The molecule has 3 aromatic rings. The second kappa shape index (κ2) is 8.56. The van der Waals surface area contributed by atoms with Crippen molar-refractivity contribution in [1.82, 2.24) is 4.98 Å². The number of methoxy groups -OCH3 is 1. The van der Waals surface area contributed by atoms with Gasteiger partial charge in [-0.25, -0.2) is 0 Å². The van der Waals surface area contributed by atoms with E-state index in [0.29, 0.717) is 27.7 Å². The Hall–Kier alpha value is -3.05. The Bertz CT molecular complexity index is 942. The van der Waals surface area contributed by atoms with E-state index in [1.165, 1.54) is 11.8 Å². The van der Waals surface area contributed by atoms with E-state index in [0.717, 1.165) is 12.1 Å². The fourth-order valence-corrected chi connectivity index (χ4v) is 2.77. The number of carbonyl (C=O) groups is 1. The Morgan fingerprint density at radius 1 is 1.07 bits per heavy atom. The van der Waals surface area contributed by atoms with E-state index in [4.69, 9.17) is 16.3 Å². The predicted octanol–water partition coefficient (Wildman–Crippen LogP) is 5.30. The van der Waals surface area contributed by atoms with Crippen LogP contribution in [0.5, 0.6) is 5.75 Å². The fourth-order valence-electron chi connectivity index (χ4n) is 2.59. The molecule has 0 saturated carbocycles. The van der Waals surface area contributed by atoms with Gasteiger partial charge in [-0.3, -0.25) is 9.78 Å². The Kier molecular flexibility index (Phi) is 5.94. The molecule has 0 fully saturated rings. The highest BCUT2D eigenvalue weighted by atomic mass is 35.5. The molecule has 1 heterocycles. The number of amides is 1. The van der Waals surface area contributed by atoms with Crippen molar-refractivity contribution in [1.29, 1.82) is 0 Å². The second-order valence-electron chi connectivity index (χ2n) is 5.94. The Morgan fingerprint density at radius 3 is 2.56 bits per heavy atom. The zero-order chi connectivity index (χ0) is 19.2. The summed E-state index contributed by atoms with van der Waals surface area (Å²) in [5, 5.41) is 6.65. The van der Waals surface area contributed by atoms with Gasteiger partial charge in [0.1, 0.15) is 5.75 Å². The quantitative estimate of drug-likeness (QED) is 0.608. The minimum absolute atomic E-state index is 0.228. The maximum absolute atomic E-state index is 12.5. The van der Waals surface area contributed by atoms with Gasteiger partial charge in [0.15, 0.2) is 0 Å². The number of halogens is 1. The Morgan fingerprint density at radius 2 is 1.85 bits per heavy atom. The summed E-state index contributed by atoms with van der Waals surface area (Å²) < 4.78 is 5.33. The summed E-state index contributed by atoms with van der Waals surface area (Å²) in [5.74, 6) is 0.415. The molecule has 1 amide bonds. The molecule has 1 aromatic heterocycles. The summed E-state index contributed by atoms with van der Waals surface area (Å²) in [6, 6.07) is 14.8. The molecule has 0 atom stereocenters. The average molecular weight is 382 g/mol. The van der Waals surface area contributed by atoms with Gasteiger partial charge >= 0.3 is 0 Å². The predicted molar refractivity (Wildman–Crippen MR) is 109 cm³/mol. The first kappa shape index (κ1) is 18.7. The summed E-state index contributed by atoms with van der Waals surface area (Å²) >= 11 is 6.06.